The summed E-state index contributed by atoms with van der Waals surface area (Å²) in [4.78, 5) is 21.4. The van der Waals surface area contributed by atoms with Gasteiger partial charge in [0, 0.05) is 6.04 Å². The fourth-order valence-corrected chi connectivity index (χ4v) is 7.21. The van der Waals surface area contributed by atoms with Crippen LogP contribution in [0.15, 0.2) is 34.4 Å². The number of nitrogens with zero attached hydrogens (tertiary/aromatic N) is 2. The average Bonchev–Trinajstić information content (AvgIpc) is 3.23. The number of carbonyl (C=O) groups excluding carboxylic acids is 1. The third-order valence-electron chi connectivity index (χ3n) is 7.24. The van der Waals surface area contributed by atoms with Crippen molar-refractivity contribution in [3.05, 3.63) is 35.0 Å². The number of hydrogen-bond acceptors (Lipinski definition) is 5. The number of guanidine groups is 1. The predicted molar refractivity (Wildman–Crippen MR) is 112 cm³/mol. The number of aliphatic imine (C=N–C) groups is 1. The van der Waals surface area contributed by atoms with Gasteiger partial charge in [-0.2, -0.15) is 0 Å². The molecule has 2 heterocycles. The maximum Gasteiger partial charge on any atom is 0.276 e. The second-order valence-electron chi connectivity index (χ2n) is 9.47. The third kappa shape index (κ3) is 2.69. The van der Waals surface area contributed by atoms with Gasteiger partial charge in [0.05, 0.1) is 15.7 Å². The summed E-state index contributed by atoms with van der Waals surface area (Å²) in [5.41, 5.74) is 4.84. The number of fused-ring (bicyclic) bond motifs is 1. The summed E-state index contributed by atoms with van der Waals surface area (Å²) in [7, 11) is 0. The van der Waals surface area contributed by atoms with E-state index in [1.165, 1.54) is 32.1 Å². The summed E-state index contributed by atoms with van der Waals surface area (Å²) in [6, 6.07) is 6.49. The lowest BCUT2D eigenvalue weighted by Gasteiger charge is -2.59. The van der Waals surface area contributed by atoms with Crippen molar-refractivity contribution in [1.29, 1.82) is 0 Å². The van der Waals surface area contributed by atoms with Crippen molar-refractivity contribution in [2.24, 2.45) is 28.2 Å². The topological polar surface area (TPSA) is 66.4 Å². The Kier molecular flexibility index (Phi) is 3.52. The Labute approximate surface area is 168 Å². The van der Waals surface area contributed by atoms with Gasteiger partial charge in [-0.25, -0.2) is 9.98 Å². The van der Waals surface area contributed by atoms with Gasteiger partial charge in [-0.3, -0.25) is 10.1 Å². The highest BCUT2D eigenvalue weighted by molar-refractivity contribution is 7.16. The number of benzene rings is 1. The van der Waals surface area contributed by atoms with Crippen LogP contribution in [-0.4, -0.2) is 22.9 Å². The van der Waals surface area contributed by atoms with Gasteiger partial charge in [0.1, 0.15) is 5.70 Å². The Morgan fingerprint density at radius 1 is 1.25 bits per heavy atom. The molecule has 1 aliphatic heterocycles. The zero-order valence-corrected chi connectivity index (χ0v) is 16.8. The van der Waals surface area contributed by atoms with Crippen LogP contribution >= 0.6 is 11.3 Å². The Bertz CT molecular complexity index is 1020. The third-order valence-corrected chi connectivity index (χ3v) is 8.03. The van der Waals surface area contributed by atoms with Gasteiger partial charge in [0.2, 0.25) is 5.96 Å². The van der Waals surface area contributed by atoms with Crippen LogP contribution in [0, 0.1) is 23.2 Å². The molecule has 1 aromatic heterocycles. The number of hydrogen-bond donors (Lipinski definition) is 2. The van der Waals surface area contributed by atoms with Crippen molar-refractivity contribution >= 4 is 39.5 Å². The molecular formula is C22H24N4OS. The molecule has 6 heteroatoms. The monoisotopic (exact) mass is 392 g/mol. The molecule has 7 rings (SSSR count). The first-order valence-corrected chi connectivity index (χ1v) is 11.1. The van der Waals surface area contributed by atoms with Crippen molar-refractivity contribution in [1.82, 2.24) is 15.6 Å². The summed E-state index contributed by atoms with van der Waals surface area (Å²) in [6.45, 7) is 2.48. The van der Waals surface area contributed by atoms with Crippen LogP contribution in [0.5, 0.6) is 0 Å². The molecule has 5 aliphatic rings. The summed E-state index contributed by atoms with van der Waals surface area (Å²) in [5, 5.41) is 6.57. The van der Waals surface area contributed by atoms with E-state index in [-0.39, 0.29) is 5.91 Å². The maximum absolute atomic E-state index is 12.5. The number of nitrogens with one attached hydrogen (secondary N) is 2. The largest absolute Gasteiger partial charge is 0.352 e. The molecule has 5 nitrogen and oxygen atoms in total. The molecule has 2 aromatic rings. The van der Waals surface area contributed by atoms with Crippen LogP contribution in [0.2, 0.25) is 0 Å². The highest BCUT2D eigenvalue weighted by Gasteiger charge is 2.53. The van der Waals surface area contributed by atoms with Crippen LogP contribution < -0.4 is 10.6 Å². The van der Waals surface area contributed by atoms with Crippen molar-refractivity contribution in [3.8, 4) is 0 Å². The van der Waals surface area contributed by atoms with E-state index in [0.29, 0.717) is 23.1 Å². The number of thiazole rings is 1. The number of amides is 1. The second kappa shape index (κ2) is 5.89. The number of aromatic nitrogens is 1. The normalized spacial score (nSPS) is 37.5. The van der Waals surface area contributed by atoms with Crippen LogP contribution in [0.3, 0.4) is 0 Å². The molecule has 2 atom stereocenters. The van der Waals surface area contributed by atoms with Gasteiger partial charge in [-0.1, -0.05) is 13.0 Å². The van der Waals surface area contributed by atoms with Gasteiger partial charge in [-0.15, -0.1) is 11.3 Å². The maximum atomic E-state index is 12.5. The fraction of sp³-hybridized carbons (Fsp3) is 0.500. The molecular weight excluding hydrogens is 368 g/mol. The fourth-order valence-electron chi connectivity index (χ4n) is 6.48. The number of carbonyl (C=O) groups is 1. The van der Waals surface area contributed by atoms with Crippen LogP contribution in [-0.2, 0) is 4.79 Å². The van der Waals surface area contributed by atoms with E-state index in [2.05, 4.69) is 33.6 Å². The molecule has 144 valence electrons. The Morgan fingerprint density at radius 3 is 2.86 bits per heavy atom. The molecule has 4 fully saturated rings. The van der Waals surface area contributed by atoms with Gasteiger partial charge < -0.3 is 5.32 Å². The summed E-state index contributed by atoms with van der Waals surface area (Å²) >= 11 is 1.61. The van der Waals surface area contributed by atoms with E-state index < -0.39 is 0 Å². The molecule has 1 aromatic carbocycles. The van der Waals surface area contributed by atoms with E-state index >= 15 is 0 Å². The summed E-state index contributed by atoms with van der Waals surface area (Å²) < 4.78 is 1.12. The zero-order chi connectivity index (χ0) is 18.9. The van der Waals surface area contributed by atoms with Gasteiger partial charge in [-0.05, 0) is 79.0 Å². The molecule has 0 spiro atoms. The van der Waals surface area contributed by atoms with E-state index in [4.69, 9.17) is 0 Å². The molecule has 4 bridgehead atoms. The van der Waals surface area contributed by atoms with Crippen LogP contribution in [0.1, 0.15) is 44.6 Å². The van der Waals surface area contributed by atoms with Gasteiger partial charge in [0.15, 0.2) is 0 Å². The first-order valence-electron chi connectivity index (χ1n) is 10.3. The van der Waals surface area contributed by atoms with Crippen molar-refractivity contribution in [3.63, 3.8) is 0 Å². The minimum atomic E-state index is -0.123. The van der Waals surface area contributed by atoms with Crippen molar-refractivity contribution in [2.75, 3.05) is 0 Å². The van der Waals surface area contributed by atoms with Gasteiger partial charge in [0.25, 0.3) is 5.91 Å². The first kappa shape index (κ1) is 16.7. The quantitative estimate of drug-likeness (QED) is 0.761. The average molecular weight is 393 g/mol. The SMILES string of the molecule is C[C@]12CC3CC(C1)[C@@H](NC1=N/C(=C\c4ccc5ncsc5c4)C(=O)N1)C(C3)C2. The lowest BCUT2D eigenvalue weighted by Crippen LogP contribution is -2.59. The van der Waals surface area contributed by atoms with Crippen molar-refractivity contribution in [2.45, 2.75) is 45.1 Å². The number of rotatable bonds is 2. The minimum Gasteiger partial charge on any atom is -0.352 e. The lowest BCUT2D eigenvalue weighted by atomic mass is 9.48. The highest BCUT2D eigenvalue weighted by atomic mass is 32.1. The molecule has 2 N–H and O–H groups in total. The smallest absolute Gasteiger partial charge is 0.276 e. The molecule has 1 amide bonds. The van der Waals surface area contributed by atoms with E-state index in [1.807, 2.05) is 23.7 Å². The molecule has 4 aliphatic carbocycles. The Morgan fingerprint density at radius 2 is 2.07 bits per heavy atom. The molecule has 4 saturated carbocycles. The minimum absolute atomic E-state index is 0.123. The predicted octanol–water partition coefficient (Wildman–Crippen LogP) is 3.93. The molecule has 0 saturated heterocycles. The molecule has 28 heavy (non-hydrogen) atoms. The van der Waals surface area contributed by atoms with E-state index in [1.54, 1.807) is 11.3 Å². The first-order chi connectivity index (χ1) is 13.5. The zero-order valence-electron chi connectivity index (χ0n) is 15.9. The Balaban J connectivity index is 1.23. The molecule has 2 unspecified atom stereocenters. The molecule has 0 radical (unpaired) electrons. The van der Waals surface area contributed by atoms with Crippen molar-refractivity contribution < 1.29 is 4.79 Å². The summed E-state index contributed by atoms with van der Waals surface area (Å²) in [5.74, 6) is 2.87. The van der Waals surface area contributed by atoms with Gasteiger partial charge >= 0.3 is 0 Å². The second-order valence-corrected chi connectivity index (χ2v) is 10.4. The standard InChI is InChI=1S/C22H24N4OS/c1-22-8-13-4-14(9-22)19(15(5-13)10-22)25-21-24-17(20(27)26-21)6-12-2-3-16-18(7-12)28-11-23-16/h2-3,6-7,11,13-15,19H,4-5,8-10H2,1H3,(H2,24,25,26,27)/b17-6-/t13?,14?,15?,19-,22+. The Hall–Kier alpha value is -2.21. The lowest BCUT2D eigenvalue weighted by molar-refractivity contribution is -0.115. The van der Waals surface area contributed by atoms with E-state index in [9.17, 15) is 4.79 Å². The highest BCUT2D eigenvalue weighted by Crippen LogP contribution is 2.59. The summed E-state index contributed by atoms with van der Waals surface area (Å²) in [6.07, 6.45) is 8.58. The van der Waals surface area contributed by atoms with Crippen LogP contribution in [0.4, 0.5) is 0 Å². The van der Waals surface area contributed by atoms with Crippen LogP contribution in [0.25, 0.3) is 16.3 Å². The van der Waals surface area contributed by atoms with E-state index in [0.717, 1.165) is 33.5 Å².